The van der Waals surface area contributed by atoms with Crippen LogP contribution < -0.4 is 11.1 Å². The predicted molar refractivity (Wildman–Crippen MR) is 207 cm³/mol. The fraction of sp³-hybridized carbons (Fsp3) is 0.952. The highest BCUT2D eigenvalue weighted by atomic mass is 16.5. The van der Waals surface area contributed by atoms with Crippen LogP contribution in [0.4, 0.5) is 0 Å². The maximum atomic E-state index is 6.27. The molecule has 5 nitrogen and oxygen atoms in total. The minimum atomic E-state index is -0.157. The molecule has 0 aromatic rings. The number of unbranched alkanes of at least 4 members (excludes halogenated alkanes) is 22. The summed E-state index contributed by atoms with van der Waals surface area (Å²) in [5, 5.41) is 3.56. The van der Waals surface area contributed by atoms with Gasteiger partial charge in [-0.2, -0.15) is 0 Å². The largest absolute Gasteiger partial charge is 0.399 e. The Morgan fingerprint density at radius 3 is 1.45 bits per heavy atom. The molecule has 0 aromatic carbocycles. The standard InChI is InChI=1S/C42H86N2O3/c1-6-8-10-12-14-16-18-20-22-24-26-28-31-40(32-29-27-25-23-21-19-17-15-13-11-9-7-2)37-44-38-41(43)39-46-34-30-35-47-42(3,4)33-36-45-5/h38,40,44H,6-37,39,43H2,1-5H3/b41-38-. The minimum Gasteiger partial charge on any atom is -0.399 e. The van der Waals surface area contributed by atoms with Gasteiger partial charge in [0.15, 0.2) is 0 Å². The fourth-order valence-corrected chi connectivity index (χ4v) is 6.41. The van der Waals surface area contributed by atoms with Gasteiger partial charge in [0.05, 0.1) is 17.9 Å². The Morgan fingerprint density at radius 2 is 1.02 bits per heavy atom. The molecular formula is C42H86N2O3. The van der Waals surface area contributed by atoms with Gasteiger partial charge in [0.2, 0.25) is 0 Å². The summed E-state index contributed by atoms with van der Waals surface area (Å²) in [6.07, 6.45) is 40.5. The van der Waals surface area contributed by atoms with Crippen molar-refractivity contribution in [3.63, 3.8) is 0 Å². The predicted octanol–water partition coefficient (Wildman–Crippen LogP) is 12.4. The third-order valence-electron chi connectivity index (χ3n) is 9.73. The summed E-state index contributed by atoms with van der Waals surface area (Å²) in [4.78, 5) is 0. The van der Waals surface area contributed by atoms with E-state index in [1.807, 2.05) is 6.20 Å². The van der Waals surface area contributed by atoms with Crippen LogP contribution in [-0.2, 0) is 14.2 Å². The Bertz CT molecular complexity index is 611. The molecule has 0 rings (SSSR count). The van der Waals surface area contributed by atoms with Gasteiger partial charge in [-0.15, -0.1) is 0 Å². The molecule has 0 atom stereocenters. The summed E-state index contributed by atoms with van der Waals surface area (Å²) >= 11 is 0. The van der Waals surface area contributed by atoms with Crippen molar-refractivity contribution < 1.29 is 14.2 Å². The lowest BCUT2D eigenvalue weighted by Crippen LogP contribution is -2.27. The van der Waals surface area contributed by atoms with Gasteiger partial charge in [0.25, 0.3) is 0 Å². The molecule has 0 fully saturated rings. The Kier molecular flexibility index (Phi) is 35.9. The average Bonchev–Trinajstić information content (AvgIpc) is 3.06. The van der Waals surface area contributed by atoms with Gasteiger partial charge in [0, 0.05) is 39.7 Å². The van der Waals surface area contributed by atoms with E-state index in [-0.39, 0.29) is 5.60 Å². The van der Waals surface area contributed by atoms with E-state index in [2.05, 4.69) is 33.0 Å². The van der Waals surface area contributed by atoms with E-state index < -0.39 is 0 Å². The smallest absolute Gasteiger partial charge is 0.0875 e. The van der Waals surface area contributed by atoms with Gasteiger partial charge in [-0.05, 0) is 45.4 Å². The van der Waals surface area contributed by atoms with Crippen LogP contribution in [0.15, 0.2) is 11.9 Å². The molecule has 0 bridgehead atoms. The zero-order valence-corrected chi connectivity index (χ0v) is 32.8. The van der Waals surface area contributed by atoms with Gasteiger partial charge >= 0.3 is 0 Å². The van der Waals surface area contributed by atoms with Gasteiger partial charge < -0.3 is 25.3 Å². The van der Waals surface area contributed by atoms with Crippen molar-refractivity contribution in [2.45, 2.75) is 213 Å². The van der Waals surface area contributed by atoms with E-state index >= 15 is 0 Å². The van der Waals surface area contributed by atoms with Crippen LogP contribution in [0.5, 0.6) is 0 Å². The normalized spacial score (nSPS) is 12.4. The number of hydrogen-bond donors (Lipinski definition) is 2. The number of methoxy groups -OCH3 is 1. The molecule has 3 N–H and O–H groups in total. The Balaban J connectivity index is 4.21. The topological polar surface area (TPSA) is 65.7 Å². The van der Waals surface area contributed by atoms with Gasteiger partial charge in [-0.25, -0.2) is 0 Å². The second kappa shape index (κ2) is 36.5. The number of rotatable bonds is 39. The first-order valence-electron chi connectivity index (χ1n) is 20.8. The highest BCUT2D eigenvalue weighted by molar-refractivity contribution is 4.95. The molecule has 5 heteroatoms. The Hall–Kier alpha value is -0.780. The molecule has 0 spiro atoms. The van der Waals surface area contributed by atoms with Gasteiger partial charge in [-0.3, -0.25) is 0 Å². The minimum absolute atomic E-state index is 0.157. The van der Waals surface area contributed by atoms with Crippen LogP contribution in [0.3, 0.4) is 0 Å². The van der Waals surface area contributed by atoms with Crippen molar-refractivity contribution in [2.75, 3.05) is 40.1 Å². The second-order valence-electron chi connectivity index (χ2n) is 15.1. The highest BCUT2D eigenvalue weighted by Crippen LogP contribution is 2.20. The van der Waals surface area contributed by atoms with Crippen molar-refractivity contribution in [3.05, 3.63) is 11.9 Å². The van der Waals surface area contributed by atoms with Gasteiger partial charge in [0.1, 0.15) is 0 Å². The Morgan fingerprint density at radius 1 is 0.596 bits per heavy atom. The van der Waals surface area contributed by atoms with Crippen LogP contribution >= 0.6 is 0 Å². The third-order valence-corrected chi connectivity index (χ3v) is 9.73. The molecule has 0 amide bonds. The summed E-state index contributed by atoms with van der Waals surface area (Å²) in [6.45, 7) is 12.4. The molecule has 0 heterocycles. The van der Waals surface area contributed by atoms with Crippen LogP contribution in [0.1, 0.15) is 207 Å². The van der Waals surface area contributed by atoms with Crippen molar-refractivity contribution >= 4 is 0 Å². The van der Waals surface area contributed by atoms with Crippen molar-refractivity contribution in [1.29, 1.82) is 0 Å². The first-order valence-corrected chi connectivity index (χ1v) is 20.8. The number of hydrogen-bond acceptors (Lipinski definition) is 5. The average molecular weight is 667 g/mol. The molecule has 0 aliphatic heterocycles. The number of nitrogens with one attached hydrogen (secondary N) is 1. The van der Waals surface area contributed by atoms with E-state index in [0.29, 0.717) is 19.8 Å². The molecule has 47 heavy (non-hydrogen) atoms. The maximum Gasteiger partial charge on any atom is 0.0875 e. The quantitative estimate of drug-likeness (QED) is 0.0639. The fourth-order valence-electron chi connectivity index (χ4n) is 6.41. The van der Waals surface area contributed by atoms with Crippen molar-refractivity contribution in [2.24, 2.45) is 11.7 Å². The summed E-state index contributed by atoms with van der Waals surface area (Å²) in [5.41, 5.74) is 6.89. The van der Waals surface area contributed by atoms with Gasteiger partial charge in [-0.1, -0.05) is 168 Å². The molecule has 0 aromatic heterocycles. The molecule has 0 saturated heterocycles. The molecule has 0 aliphatic rings. The first-order chi connectivity index (χ1) is 22.9. The lowest BCUT2D eigenvalue weighted by Gasteiger charge is -2.25. The molecule has 0 unspecified atom stereocenters. The van der Waals surface area contributed by atoms with Crippen LogP contribution in [0, 0.1) is 5.92 Å². The van der Waals surface area contributed by atoms with Crippen LogP contribution in [0.2, 0.25) is 0 Å². The third kappa shape index (κ3) is 36.3. The zero-order chi connectivity index (χ0) is 34.5. The SMILES string of the molecule is CCCCCCCCCCCCCCC(CCCCCCCCCCCCCC)CN/C=C(\N)COCCCOC(C)(C)CCOC. The number of ether oxygens (including phenoxy) is 3. The van der Waals surface area contributed by atoms with E-state index in [0.717, 1.165) is 37.6 Å². The van der Waals surface area contributed by atoms with E-state index in [1.165, 1.54) is 167 Å². The highest BCUT2D eigenvalue weighted by Gasteiger charge is 2.17. The molecular weight excluding hydrogens is 580 g/mol. The maximum absolute atomic E-state index is 6.27. The van der Waals surface area contributed by atoms with Crippen LogP contribution in [0.25, 0.3) is 0 Å². The summed E-state index contributed by atoms with van der Waals surface area (Å²) in [6, 6.07) is 0. The van der Waals surface area contributed by atoms with E-state index in [4.69, 9.17) is 19.9 Å². The lowest BCUT2D eigenvalue weighted by molar-refractivity contribution is -0.0430. The molecule has 0 aliphatic carbocycles. The van der Waals surface area contributed by atoms with E-state index in [1.54, 1.807) is 7.11 Å². The summed E-state index contributed by atoms with van der Waals surface area (Å²) < 4.78 is 17.0. The molecule has 282 valence electrons. The first kappa shape index (κ1) is 46.2. The summed E-state index contributed by atoms with van der Waals surface area (Å²) in [7, 11) is 1.73. The number of nitrogens with two attached hydrogens (primary N) is 1. The van der Waals surface area contributed by atoms with E-state index in [9.17, 15) is 0 Å². The monoisotopic (exact) mass is 667 g/mol. The van der Waals surface area contributed by atoms with Crippen molar-refractivity contribution in [1.82, 2.24) is 5.32 Å². The second-order valence-corrected chi connectivity index (χ2v) is 15.1. The Labute approximate surface area is 295 Å². The lowest BCUT2D eigenvalue weighted by atomic mass is 9.94. The summed E-state index contributed by atoms with van der Waals surface area (Å²) in [5.74, 6) is 0.741. The van der Waals surface area contributed by atoms with Crippen LogP contribution in [-0.4, -0.2) is 45.7 Å². The van der Waals surface area contributed by atoms with Crippen molar-refractivity contribution in [3.8, 4) is 0 Å². The molecule has 0 radical (unpaired) electrons. The molecule has 0 saturated carbocycles. The zero-order valence-electron chi connectivity index (χ0n) is 32.8.